The van der Waals surface area contributed by atoms with Gasteiger partial charge in [0.1, 0.15) is 0 Å². The normalized spacial score (nSPS) is 13.4. The number of anilines is 5. The zero-order valence-corrected chi connectivity index (χ0v) is 20.9. The molecule has 38 heavy (non-hydrogen) atoms. The Kier molecular flexibility index (Phi) is 6.42. The lowest BCUT2D eigenvalue weighted by Gasteiger charge is -2.17. The fourth-order valence-electron chi connectivity index (χ4n) is 4.19. The molecule has 5 rings (SSSR count). The van der Waals surface area contributed by atoms with Crippen LogP contribution in [0.5, 0.6) is 0 Å². The third-order valence-corrected chi connectivity index (χ3v) is 6.26. The van der Waals surface area contributed by atoms with Gasteiger partial charge in [0, 0.05) is 40.2 Å². The number of rotatable bonds is 6. The van der Waals surface area contributed by atoms with Gasteiger partial charge in [0.05, 0.1) is 22.7 Å². The molecule has 0 saturated carbocycles. The summed E-state index contributed by atoms with van der Waals surface area (Å²) >= 11 is 0. The van der Waals surface area contributed by atoms with E-state index in [9.17, 15) is 14.9 Å². The summed E-state index contributed by atoms with van der Waals surface area (Å²) in [6.45, 7) is 3.66. The first-order chi connectivity index (χ1) is 18.3. The first-order valence-corrected chi connectivity index (χ1v) is 12.1. The monoisotopic (exact) mass is 502 g/mol. The molecule has 4 aromatic rings. The predicted molar refractivity (Wildman–Crippen MR) is 151 cm³/mol. The van der Waals surface area contributed by atoms with E-state index in [1.165, 1.54) is 0 Å². The average molecular weight is 503 g/mol. The summed E-state index contributed by atoms with van der Waals surface area (Å²) in [6.07, 6.45) is 3.64. The Balaban J connectivity index is 1.26. The Labute approximate surface area is 220 Å². The van der Waals surface area contributed by atoms with E-state index in [0.717, 1.165) is 33.9 Å². The zero-order valence-electron chi connectivity index (χ0n) is 20.9. The van der Waals surface area contributed by atoms with Crippen molar-refractivity contribution >= 4 is 52.0 Å². The highest BCUT2D eigenvalue weighted by atomic mass is 16.2. The van der Waals surface area contributed by atoms with E-state index in [1.807, 2.05) is 86.8 Å². The number of hydrogen-bond acceptors (Lipinski definition) is 4. The highest BCUT2D eigenvalue weighted by molar-refractivity contribution is 6.35. The van der Waals surface area contributed by atoms with Crippen LogP contribution < -0.4 is 21.3 Å². The van der Waals surface area contributed by atoms with Crippen LogP contribution in [0, 0.1) is 11.3 Å². The molecular formula is C30H26N6O2. The van der Waals surface area contributed by atoms with E-state index in [0.29, 0.717) is 16.9 Å². The maximum atomic E-state index is 12.6. The van der Waals surface area contributed by atoms with E-state index in [-0.39, 0.29) is 5.91 Å². The summed E-state index contributed by atoms with van der Waals surface area (Å²) in [5.41, 5.74) is 5.96. The predicted octanol–water partition coefficient (Wildman–Crippen LogP) is 6.70. The summed E-state index contributed by atoms with van der Waals surface area (Å²) in [7, 11) is 0. The number of H-pyrrole nitrogens is 1. The van der Waals surface area contributed by atoms with Gasteiger partial charge >= 0.3 is 6.03 Å². The number of fused-ring (bicyclic) bond motifs is 1. The summed E-state index contributed by atoms with van der Waals surface area (Å²) < 4.78 is 0. The van der Waals surface area contributed by atoms with Crippen molar-refractivity contribution in [2.75, 3.05) is 21.3 Å². The summed E-state index contributed by atoms with van der Waals surface area (Å²) in [5.74, 6) is -0.148. The molecule has 0 fully saturated rings. The maximum Gasteiger partial charge on any atom is 0.323 e. The van der Waals surface area contributed by atoms with Crippen LogP contribution in [-0.4, -0.2) is 16.9 Å². The van der Waals surface area contributed by atoms with Crippen molar-refractivity contribution in [1.82, 2.24) is 4.98 Å². The number of urea groups is 1. The molecule has 0 aliphatic carbocycles. The van der Waals surface area contributed by atoms with Crippen molar-refractivity contribution in [1.29, 1.82) is 5.26 Å². The van der Waals surface area contributed by atoms with Gasteiger partial charge in [0.25, 0.3) is 5.91 Å². The number of benzene rings is 3. The smallest absolute Gasteiger partial charge is 0.323 e. The molecule has 0 spiro atoms. The molecule has 0 bridgehead atoms. The Hall–Kier alpha value is -5.29. The van der Waals surface area contributed by atoms with E-state index < -0.39 is 11.4 Å². The molecule has 188 valence electrons. The molecule has 0 atom stereocenters. The maximum absolute atomic E-state index is 12.6. The van der Waals surface area contributed by atoms with Crippen LogP contribution in [0.1, 0.15) is 30.7 Å². The van der Waals surface area contributed by atoms with Crippen molar-refractivity contribution in [2.45, 2.75) is 19.3 Å². The van der Waals surface area contributed by atoms with Gasteiger partial charge in [-0.1, -0.05) is 24.3 Å². The SMILES string of the molecule is CC(C)(C#N)c1cccc(NC(=O)Nc2cccc(Nc3ccc4c(c3)NC(=O)/C4=C\c3ccc[nH]3)c2)c1. The van der Waals surface area contributed by atoms with E-state index >= 15 is 0 Å². The number of carbonyl (C=O) groups is 2. The Bertz CT molecular complexity index is 1600. The Morgan fingerprint density at radius 1 is 0.895 bits per heavy atom. The second-order valence-corrected chi connectivity index (χ2v) is 9.50. The molecule has 8 nitrogen and oxygen atoms in total. The Morgan fingerprint density at radius 3 is 2.34 bits per heavy atom. The van der Waals surface area contributed by atoms with Crippen LogP contribution in [0.25, 0.3) is 11.6 Å². The second kappa shape index (κ2) is 9.99. The molecule has 1 aliphatic rings. The number of amides is 3. The molecule has 8 heteroatoms. The van der Waals surface area contributed by atoms with Crippen molar-refractivity contribution in [3.05, 3.63) is 102 Å². The molecule has 3 amide bonds. The number of nitriles is 1. The first-order valence-electron chi connectivity index (χ1n) is 12.1. The Morgan fingerprint density at radius 2 is 1.61 bits per heavy atom. The van der Waals surface area contributed by atoms with Crippen molar-refractivity contribution in [3.63, 3.8) is 0 Å². The van der Waals surface area contributed by atoms with Gasteiger partial charge in [-0.3, -0.25) is 4.79 Å². The van der Waals surface area contributed by atoms with Crippen LogP contribution in [-0.2, 0) is 10.2 Å². The average Bonchev–Trinajstić information content (AvgIpc) is 3.52. The molecule has 3 aromatic carbocycles. The van der Waals surface area contributed by atoms with Crippen LogP contribution in [0.15, 0.2) is 85.1 Å². The van der Waals surface area contributed by atoms with E-state index in [4.69, 9.17) is 0 Å². The highest BCUT2D eigenvalue weighted by Crippen LogP contribution is 2.35. The van der Waals surface area contributed by atoms with E-state index in [1.54, 1.807) is 18.2 Å². The largest absolute Gasteiger partial charge is 0.362 e. The van der Waals surface area contributed by atoms with Crippen molar-refractivity contribution in [3.8, 4) is 6.07 Å². The molecule has 2 heterocycles. The van der Waals surface area contributed by atoms with Crippen molar-refractivity contribution in [2.24, 2.45) is 0 Å². The summed E-state index contributed by atoms with van der Waals surface area (Å²) in [5, 5.41) is 21.3. The number of aromatic amines is 1. The highest BCUT2D eigenvalue weighted by Gasteiger charge is 2.24. The molecule has 0 saturated heterocycles. The quantitative estimate of drug-likeness (QED) is 0.188. The number of nitrogens with one attached hydrogen (secondary N) is 5. The van der Waals surface area contributed by atoms with Crippen LogP contribution in [0.4, 0.5) is 33.2 Å². The van der Waals surface area contributed by atoms with Gasteiger partial charge in [-0.25, -0.2) is 4.79 Å². The lowest BCUT2D eigenvalue weighted by atomic mass is 9.86. The third kappa shape index (κ3) is 5.27. The minimum atomic E-state index is -0.658. The van der Waals surface area contributed by atoms with Gasteiger partial charge in [0.2, 0.25) is 0 Å². The van der Waals surface area contributed by atoms with Gasteiger partial charge in [-0.05, 0) is 80.1 Å². The fourth-order valence-corrected chi connectivity index (χ4v) is 4.19. The van der Waals surface area contributed by atoms with E-state index in [2.05, 4.69) is 32.3 Å². The molecular weight excluding hydrogens is 476 g/mol. The van der Waals surface area contributed by atoms with Gasteiger partial charge in [-0.2, -0.15) is 5.26 Å². The lowest BCUT2D eigenvalue weighted by Crippen LogP contribution is -2.20. The summed E-state index contributed by atoms with van der Waals surface area (Å²) in [4.78, 5) is 28.2. The second-order valence-electron chi connectivity index (χ2n) is 9.50. The van der Waals surface area contributed by atoms with Gasteiger partial charge in [-0.15, -0.1) is 0 Å². The van der Waals surface area contributed by atoms with Crippen LogP contribution in [0.2, 0.25) is 0 Å². The van der Waals surface area contributed by atoms with Gasteiger partial charge < -0.3 is 26.3 Å². The number of hydrogen-bond donors (Lipinski definition) is 5. The lowest BCUT2D eigenvalue weighted by molar-refractivity contribution is -0.110. The fraction of sp³-hybridized carbons (Fsp3) is 0.100. The van der Waals surface area contributed by atoms with Crippen molar-refractivity contribution < 1.29 is 9.59 Å². The first kappa shape index (κ1) is 24.4. The zero-order chi connectivity index (χ0) is 26.7. The molecule has 1 aromatic heterocycles. The number of nitrogens with zero attached hydrogens (tertiary/aromatic N) is 1. The topological polar surface area (TPSA) is 122 Å². The van der Waals surface area contributed by atoms with Gasteiger partial charge in [0.15, 0.2) is 0 Å². The minimum absolute atomic E-state index is 0.148. The molecule has 0 radical (unpaired) electrons. The number of aromatic nitrogens is 1. The third-order valence-electron chi connectivity index (χ3n) is 6.26. The standard InChI is InChI=1S/C30H26N6O2/c1-30(2,18-31)19-6-3-7-21(14-19)34-29(38)35-23-9-4-8-22(15-23)33-24-11-12-25-26(16-20-10-5-13-32-20)28(37)36-27(25)17-24/h3-17,32-33H,1-2H3,(H,36,37)(H2,34,35,38)/b26-16-. The van der Waals surface area contributed by atoms with Crippen LogP contribution >= 0.6 is 0 Å². The summed E-state index contributed by atoms with van der Waals surface area (Å²) in [6, 6.07) is 25.9. The van der Waals surface area contributed by atoms with Crippen LogP contribution in [0.3, 0.4) is 0 Å². The molecule has 5 N–H and O–H groups in total. The number of carbonyl (C=O) groups excluding carboxylic acids is 2. The molecule has 1 aliphatic heterocycles. The molecule has 0 unspecified atom stereocenters. The minimum Gasteiger partial charge on any atom is -0.362 e.